The summed E-state index contributed by atoms with van der Waals surface area (Å²) in [6.45, 7) is 0.800. The van der Waals surface area contributed by atoms with Gasteiger partial charge in [-0.25, -0.2) is 12.8 Å². The summed E-state index contributed by atoms with van der Waals surface area (Å²) in [6.07, 6.45) is 2.64. The minimum atomic E-state index is -3.75. The van der Waals surface area contributed by atoms with Crippen LogP contribution in [0.5, 0.6) is 0 Å². The lowest BCUT2D eigenvalue weighted by Gasteiger charge is -2.08. The van der Waals surface area contributed by atoms with Gasteiger partial charge in [0.05, 0.1) is 18.4 Å². The molecule has 2 aromatic rings. The molecule has 6 nitrogen and oxygen atoms in total. The van der Waals surface area contributed by atoms with Crippen molar-refractivity contribution in [2.45, 2.75) is 11.4 Å². The summed E-state index contributed by atoms with van der Waals surface area (Å²) in [5, 5.41) is 3.91. The van der Waals surface area contributed by atoms with Crippen LogP contribution in [0.4, 0.5) is 10.1 Å². The van der Waals surface area contributed by atoms with Crippen LogP contribution in [-0.2, 0) is 16.6 Å². The van der Waals surface area contributed by atoms with Crippen LogP contribution in [0.25, 0.3) is 0 Å². The Morgan fingerprint density at radius 2 is 2.20 bits per heavy atom. The highest BCUT2D eigenvalue weighted by molar-refractivity contribution is 14.1. The Morgan fingerprint density at radius 1 is 1.45 bits per heavy atom. The van der Waals surface area contributed by atoms with Gasteiger partial charge in [-0.15, -0.1) is 0 Å². The fourth-order valence-electron chi connectivity index (χ4n) is 1.51. The highest BCUT2D eigenvalue weighted by Crippen LogP contribution is 2.22. The monoisotopic (exact) mass is 410 g/mol. The van der Waals surface area contributed by atoms with E-state index in [2.05, 4.69) is 9.82 Å². The van der Waals surface area contributed by atoms with E-state index in [0.29, 0.717) is 22.3 Å². The van der Waals surface area contributed by atoms with Gasteiger partial charge in [-0.3, -0.25) is 9.40 Å². The minimum Gasteiger partial charge on any atom is -0.329 e. The Labute approximate surface area is 129 Å². The summed E-state index contributed by atoms with van der Waals surface area (Å²) < 4.78 is 41.6. The van der Waals surface area contributed by atoms with Crippen LogP contribution in [0.3, 0.4) is 0 Å². The average Bonchev–Trinajstić information content (AvgIpc) is 2.83. The molecule has 0 aliphatic heterocycles. The van der Waals surface area contributed by atoms with Gasteiger partial charge in [-0.2, -0.15) is 5.10 Å². The van der Waals surface area contributed by atoms with Crippen molar-refractivity contribution in [3.8, 4) is 0 Å². The van der Waals surface area contributed by atoms with Crippen molar-refractivity contribution < 1.29 is 12.8 Å². The van der Waals surface area contributed by atoms with E-state index in [9.17, 15) is 12.8 Å². The highest BCUT2D eigenvalue weighted by Gasteiger charge is 2.18. The average molecular weight is 410 g/mol. The van der Waals surface area contributed by atoms with Crippen LogP contribution in [0, 0.1) is 9.39 Å². The van der Waals surface area contributed by atoms with E-state index in [0.717, 1.165) is 0 Å². The zero-order valence-electron chi connectivity index (χ0n) is 10.3. The molecule has 0 saturated carbocycles. The Morgan fingerprint density at radius 3 is 2.85 bits per heavy atom. The van der Waals surface area contributed by atoms with Crippen molar-refractivity contribution in [1.82, 2.24) is 9.78 Å². The van der Waals surface area contributed by atoms with Crippen molar-refractivity contribution >= 4 is 38.3 Å². The van der Waals surface area contributed by atoms with E-state index < -0.39 is 15.8 Å². The molecule has 0 aliphatic rings. The molecule has 0 atom stereocenters. The summed E-state index contributed by atoms with van der Waals surface area (Å²) in [5.74, 6) is -0.423. The van der Waals surface area contributed by atoms with Gasteiger partial charge in [-0.05, 0) is 40.8 Å². The first-order valence-corrected chi connectivity index (χ1v) is 8.19. The van der Waals surface area contributed by atoms with E-state index in [1.165, 1.54) is 35.3 Å². The van der Waals surface area contributed by atoms with E-state index >= 15 is 0 Å². The first kappa shape index (κ1) is 15.2. The molecule has 3 N–H and O–H groups in total. The molecular formula is C11H12FIN4O2S. The standard InChI is InChI=1S/C11H12FIN4O2S/c12-8-1-2-11(10(13)5-8)16-20(18,19)9-6-15-17(7-9)4-3-14/h1-2,5-7,16H,3-4,14H2. The smallest absolute Gasteiger partial charge is 0.265 e. The third-order valence-electron chi connectivity index (χ3n) is 2.45. The Balaban J connectivity index is 2.26. The summed E-state index contributed by atoms with van der Waals surface area (Å²) >= 11 is 1.86. The number of sulfonamides is 1. The number of nitrogens with zero attached hydrogens (tertiary/aromatic N) is 2. The number of anilines is 1. The molecule has 1 aromatic carbocycles. The second-order valence-corrected chi connectivity index (χ2v) is 6.80. The first-order chi connectivity index (χ1) is 9.42. The van der Waals surface area contributed by atoms with Crippen molar-refractivity contribution in [3.05, 3.63) is 40.0 Å². The van der Waals surface area contributed by atoms with Gasteiger partial charge in [0.1, 0.15) is 10.7 Å². The van der Waals surface area contributed by atoms with Crippen molar-refractivity contribution in [2.24, 2.45) is 5.73 Å². The van der Waals surface area contributed by atoms with Crippen LogP contribution < -0.4 is 10.5 Å². The molecule has 0 bridgehead atoms. The zero-order chi connectivity index (χ0) is 14.8. The van der Waals surface area contributed by atoms with E-state index in [1.54, 1.807) is 0 Å². The van der Waals surface area contributed by atoms with E-state index in [1.807, 2.05) is 22.6 Å². The number of nitrogens with two attached hydrogens (primary N) is 1. The molecule has 0 aliphatic carbocycles. The van der Waals surface area contributed by atoms with Crippen LogP contribution in [0.2, 0.25) is 0 Å². The number of rotatable bonds is 5. The molecular weight excluding hydrogens is 398 g/mol. The van der Waals surface area contributed by atoms with Gasteiger partial charge in [0.2, 0.25) is 0 Å². The fourth-order valence-corrected chi connectivity index (χ4v) is 3.34. The number of benzene rings is 1. The largest absolute Gasteiger partial charge is 0.329 e. The third-order valence-corrected chi connectivity index (χ3v) is 4.67. The molecule has 0 spiro atoms. The molecule has 1 heterocycles. The lowest BCUT2D eigenvalue weighted by atomic mass is 10.3. The Bertz CT molecular complexity index is 717. The van der Waals surface area contributed by atoms with Gasteiger partial charge < -0.3 is 5.73 Å². The second-order valence-electron chi connectivity index (χ2n) is 3.96. The van der Waals surface area contributed by atoms with Crippen molar-refractivity contribution in [1.29, 1.82) is 0 Å². The number of nitrogens with one attached hydrogen (secondary N) is 1. The van der Waals surface area contributed by atoms with E-state index in [-0.39, 0.29) is 4.90 Å². The summed E-state index contributed by atoms with van der Waals surface area (Å²) in [5.41, 5.74) is 5.69. The third kappa shape index (κ3) is 3.46. The molecule has 0 radical (unpaired) electrons. The number of aromatic nitrogens is 2. The Kier molecular flexibility index (Phi) is 4.60. The number of halogens is 2. The fraction of sp³-hybridized carbons (Fsp3) is 0.182. The van der Waals surface area contributed by atoms with Crippen LogP contribution >= 0.6 is 22.6 Å². The molecule has 20 heavy (non-hydrogen) atoms. The number of hydrogen-bond donors (Lipinski definition) is 2. The molecule has 0 amide bonds. The Hall–Kier alpha value is -1.20. The predicted molar refractivity (Wildman–Crippen MR) is 81.2 cm³/mol. The summed E-state index contributed by atoms with van der Waals surface area (Å²) in [6, 6.07) is 3.81. The van der Waals surface area contributed by atoms with Gasteiger partial charge in [0.15, 0.2) is 0 Å². The quantitative estimate of drug-likeness (QED) is 0.730. The van der Waals surface area contributed by atoms with Gasteiger partial charge in [0, 0.05) is 16.3 Å². The normalized spacial score (nSPS) is 11.6. The maximum absolute atomic E-state index is 13.0. The van der Waals surface area contributed by atoms with Gasteiger partial charge in [0.25, 0.3) is 10.0 Å². The summed E-state index contributed by atoms with van der Waals surface area (Å²) in [7, 11) is -3.75. The van der Waals surface area contributed by atoms with Crippen LogP contribution in [0.1, 0.15) is 0 Å². The van der Waals surface area contributed by atoms with E-state index in [4.69, 9.17) is 5.73 Å². The molecule has 1 aromatic heterocycles. The van der Waals surface area contributed by atoms with Crippen LogP contribution in [-0.4, -0.2) is 24.7 Å². The topological polar surface area (TPSA) is 90.0 Å². The molecule has 9 heteroatoms. The maximum Gasteiger partial charge on any atom is 0.265 e. The maximum atomic E-state index is 13.0. The molecule has 2 rings (SSSR count). The van der Waals surface area contributed by atoms with Crippen LogP contribution in [0.15, 0.2) is 35.5 Å². The van der Waals surface area contributed by atoms with Gasteiger partial charge >= 0.3 is 0 Å². The molecule has 108 valence electrons. The second kappa shape index (κ2) is 6.06. The van der Waals surface area contributed by atoms with Crippen molar-refractivity contribution in [2.75, 3.05) is 11.3 Å². The molecule has 0 saturated heterocycles. The van der Waals surface area contributed by atoms with Gasteiger partial charge in [-0.1, -0.05) is 0 Å². The lowest BCUT2D eigenvalue weighted by Crippen LogP contribution is -2.14. The minimum absolute atomic E-state index is 0.0334. The molecule has 0 unspecified atom stereocenters. The first-order valence-electron chi connectivity index (χ1n) is 5.63. The number of hydrogen-bond acceptors (Lipinski definition) is 4. The van der Waals surface area contributed by atoms with Crippen molar-refractivity contribution in [3.63, 3.8) is 0 Å². The SMILES string of the molecule is NCCn1cc(S(=O)(=O)Nc2ccc(F)cc2I)cn1. The zero-order valence-corrected chi connectivity index (χ0v) is 13.2. The summed E-state index contributed by atoms with van der Waals surface area (Å²) in [4.78, 5) is 0.0334. The highest BCUT2D eigenvalue weighted by atomic mass is 127. The lowest BCUT2D eigenvalue weighted by molar-refractivity contribution is 0.599. The molecule has 0 fully saturated rings. The predicted octanol–water partition coefficient (Wildman–Crippen LogP) is 1.39.